The van der Waals surface area contributed by atoms with Crippen LogP contribution in [0.2, 0.25) is 0 Å². The standard InChI is InChI=1S/C20H17N3O4/c1-12-2-4-13(5-3-12)19-21-20(27-22-19)14-8-18(24)23(10-14)15-6-7-16-17(9-15)26-11-25-16/h2-7,9,14H,8,10-11H2,1H3/t14-/m1/s1. The summed E-state index contributed by atoms with van der Waals surface area (Å²) in [5.74, 6) is 2.27. The summed E-state index contributed by atoms with van der Waals surface area (Å²) < 4.78 is 16.2. The molecule has 7 nitrogen and oxygen atoms in total. The maximum atomic E-state index is 12.5. The van der Waals surface area contributed by atoms with Crippen LogP contribution in [0, 0.1) is 6.92 Å². The van der Waals surface area contributed by atoms with Gasteiger partial charge in [-0.3, -0.25) is 4.79 Å². The van der Waals surface area contributed by atoms with Crippen molar-refractivity contribution in [3.05, 3.63) is 53.9 Å². The van der Waals surface area contributed by atoms with Gasteiger partial charge in [0.25, 0.3) is 0 Å². The van der Waals surface area contributed by atoms with E-state index in [-0.39, 0.29) is 18.6 Å². The number of aryl methyl sites for hydroxylation is 1. The molecule has 0 radical (unpaired) electrons. The maximum Gasteiger partial charge on any atom is 0.232 e. The van der Waals surface area contributed by atoms with Crippen LogP contribution in [0.5, 0.6) is 11.5 Å². The second kappa shape index (κ2) is 6.12. The molecule has 1 fully saturated rings. The fourth-order valence-electron chi connectivity index (χ4n) is 3.40. The smallest absolute Gasteiger partial charge is 0.232 e. The van der Waals surface area contributed by atoms with E-state index < -0.39 is 0 Å². The van der Waals surface area contributed by atoms with Crippen molar-refractivity contribution in [2.24, 2.45) is 0 Å². The molecule has 0 bridgehead atoms. The zero-order valence-corrected chi connectivity index (χ0v) is 14.7. The monoisotopic (exact) mass is 363 g/mol. The second-order valence-corrected chi connectivity index (χ2v) is 6.77. The third-order valence-corrected chi connectivity index (χ3v) is 4.89. The molecule has 1 saturated heterocycles. The molecule has 1 aromatic heterocycles. The lowest BCUT2D eigenvalue weighted by Crippen LogP contribution is -2.24. The molecule has 2 aliphatic rings. The van der Waals surface area contributed by atoms with Gasteiger partial charge < -0.3 is 18.9 Å². The second-order valence-electron chi connectivity index (χ2n) is 6.77. The molecule has 3 aromatic rings. The van der Waals surface area contributed by atoms with Crippen molar-refractivity contribution in [3.8, 4) is 22.9 Å². The SMILES string of the molecule is Cc1ccc(-c2noc([C@@H]3CC(=O)N(c4ccc5c(c4)OCO5)C3)n2)cc1. The first-order valence-corrected chi connectivity index (χ1v) is 8.78. The summed E-state index contributed by atoms with van der Waals surface area (Å²) in [5.41, 5.74) is 2.85. The highest BCUT2D eigenvalue weighted by Gasteiger charge is 2.35. The highest BCUT2D eigenvalue weighted by molar-refractivity contribution is 5.96. The van der Waals surface area contributed by atoms with Crippen molar-refractivity contribution in [1.29, 1.82) is 0 Å². The third-order valence-electron chi connectivity index (χ3n) is 4.89. The molecule has 0 spiro atoms. The van der Waals surface area contributed by atoms with E-state index in [4.69, 9.17) is 14.0 Å². The lowest BCUT2D eigenvalue weighted by molar-refractivity contribution is -0.117. The van der Waals surface area contributed by atoms with Gasteiger partial charge in [-0.25, -0.2) is 0 Å². The lowest BCUT2D eigenvalue weighted by Gasteiger charge is -2.16. The van der Waals surface area contributed by atoms with Crippen LogP contribution in [0.15, 0.2) is 47.0 Å². The Morgan fingerprint density at radius 3 is 2.74 bits per heavy atom. The van der Waals surface area contributed by atoms with E-state index in [1.165, 1.54) is 5.56 Å². The van der Waals surface area contributed by atoms with Crippen molar-refractivity contribution in [3.63, 3.8) is 0 Å². The number of benzene rings is 2. The molecule has 7 heteroatoms. The molecule has 5 rings (SSSR count). The number of carbonyl (C=O) groups is 1. The molecule has 2 aromatic carbocycles. The first kappa shape index (κ1) is 15.9. The Morgan fingerprint density at radius 1 is 1.07 bits per heavy atom. The summed E-state index contributed by atoms with van der Waals surface area (Å²) in [6.07, 6.45) is 0.337. The van der Waals surface area contributed by atoms with Crippen molar-refractivity contribution < 1.29 is 18.8 Å². The molecule has 1 atom stereocenters. The molecule has 0 saturated carbocycles. The number of rotatable bonds is 3. The zero-order chi connectivity index (χ0) is 18.4. The number of hydrogen-bond acceptors (Lipinski definition) is 6. The highest BCUT2D eigenvalue weighted by atomic mass is 16.7. The number of amides is 1. The van der Waals surface area contributed by atoms with Gasteiger partial charge in [-0.15, -0.1) is 0 Å². The number of fused-ring (bicyclic) bond motifs is 1. The van der Waals surface area contributed by atoms with Crippen LogP contribution in [0.3, 0.4) is 0 Å². The predicted molar refractivity (Wildman–Crippen MR) is 96.7 cm³/mol. The Labute approximate surface area is 155 Å². The quantitative estimate of drug-likeness (QED) is 0.711. The number of aromatic nitrogens is 2. The Morgan fingerprint density at radius 2 is 1.89 bits per heavy atom. The Balaban J connectivity index is 1.37. The highest BCUT2D eigenvalue weighted by Crippen LogP contribution is 2.38. The van der Waals surface area contributed by atoms with E-state index in [9.17, 15) is 4.79 Å². The van der Waals surface area contributed by atoms with Gasteiger partial charge >= 0.3 is 0 Å². The van der Waals surface area contributed by atoms with Gasteiger partial charge in [0.2, 0.25) is 24.4 Å². The minimum Gasteiger partial charge on any atom is -0.454 e. The van der Waals surface area contributed by atoms with E-state index in [0.29, 0.717) is 36.2 Å². The summed E-state index contributed by atoms with van der Waals surface area (Å²) in [5, 5.41) is 4.08. The van der Waals surface area contributed by atoms with Crippen LogP contribution in [0.25, 0.3) is 11.4 Å². The molecule has 0 aliphatic carbocycles. The van der Waals surface area contributed by atoms with Crippen molar-refractivity contribution in [1.82, 2.24) is 10.1 Å². The molecule has 0 unspecified atom stereocenters. The average molecular weight is 363 g/mol. The Hall–Kier alpha value is -3.35. The number of nitrogens with zero attached hydrogens (tertiary/aromatic N) is 3. The molecule has 27 heavy (non-hydrogen) atoms. The Bertz CT molecular complexity index is 1010. The van der Waals surface area contributed by atoms with Gasteiger partial charge in [0.15, 0.2) is 11.5 Å². The van der Waals surface area contributed by atoms with E-state index in [1.807, 2.05) is 49.4 Å². The summed E-state index contributed by atoms with van der Waals surface area (Å²) >= 11 is 0. The molecular weight excluding hydrogens is 346 g/mol. The van der Waals surface area contributed by atoms with Gasteiger partial charge in [-0.2, -0.15) is 4.98 Å². The largest absolute Gasteiger partial charge is 0.454 e. The fraction of sp³-hybridized carbons (Fsp3) is 0.250. The van der Waals surface area contributed by atoms with Crippen LogP contribution >= 0.6 is 0 Å². The lowest BCUT2D eigenvalue weighted by atomic mass is 10.1. The minimum absolute atomic E-state index is 0.0222. The van der Waals surface area contributed by atoms with Crippen LogP contribution in [0.4, 0.5) is 5.69 Å². The third kappa shape index (κ3) is 2.81. The molecule has 2 aliphatic heterocycles. The van der Waals surface area contributed by atoms with Gasteiger partial charge in [0, 0.05) is 30.3 Å². The summed E-state index contributed by atoms with van der Waals surface area (Å²) in [7, 11) is 0. The van der Waals surface area contributed by atoms with E-state index in [2.05, 4.69) is 10.1 Å². The molecular formula is C20H17N3O4. The number of anilines is 1. The van der Waals surface area contributed by atoms with Crippen LogP contribution < -0.4 is 14.4 Å². The van der Waals surface area contributed by atoms with Crippen molar-refractivity contribution in [2.75, 3.05) is 18.2 Å². The molecule has 136 valence electrons. The summed E-state index contributed by atoms with van der Waals surface area (Å²) in [6.45, 7) is 2.73. The molecule has 3 heterocycles. The van der Waals surface area contributed by atoms with Crippen LogP contribution in [0.1, 0.15) is 23.8 Å². The number of hydrogen-bond donors (Lipinski definition) is 0. The molecule has 0 N–H and O–H groups in total. The summed E-state index contributed by atoms with van der Waals surface area (Å²) in [6, 6.07) is 13.4. The minimum atomic E-state index is -0.130. The zero-order valence-electron chi connectivity index (χ0n) is 14.7. The van der Waals surface area contributed by atoms with E-state index in [1.54, 1.807) is 4.90 Å². The number of ether oxygens (including phenoxy) is 2. The normalized spacial score (nSPS) is 18.3. The average Bonchev–Trinajstić information content (AvgIpc) is 3.40. The maximum absolute atomic E-state index is 12.5. The Kier molecular flexibility index (Phi) is 3.60. The topological polar surface area (TPSA) is 77.7 Å². The predicted octanol–water partition coefficient (Wildman–Crippen LogP) is 3.29. The fourth-order valence-corrected chi connectivity index (χ4v) is 3.40. The number of carbonyl (C=O) groups excluding carboxylic acids is 1. The van der Waals surface area contributed by atoms with Crippen molar-refractivity contribution >= 4 is 11.6 Å². The van der Waals surface area contributed by atoms with E-state index in [0.717, 1.165) is 11.3 Å². The van der Waals surface area contributed by atoms with Gasteiger partial charge in [-0.1, -0.05) is 35.0 Å². The van der Waals surface area contributed by atoms with Gasteiger partial charge in [0.05, 0.1) is 5.92 Å². The van der Waals surface area contributed by atoms with Gasteiger partial charge in [-0.05, 0) is 19.1 Å². The first-order valence-electron chi connectivity index (χ1n) is 8.78. The van der Waals surface area contributed by atoms with Crippen LogP contribution in [-0.4, -0.2) is 29.4 Å². The van der Waals surface area contributed by atoms with Crippen LogP contribution in [-0.2, 0) is 4.79 Å². The van der Waals surface area contributed by atoms with E-state index >= 15 is 0 Å². The first-order chi connectivity index (χ1) is 13.2. The molecule has 1 amide bonds. The van der Waals surface area contributed by atoms with Crippen molar-refractivity contribution in [2.45, 2.75) is 19.3 Å². The van der Waals surface area contributed by atoms with Gasteiger partial charge in [0.1, 0.15) is 0 Å². The summed E-state index contributed by atoms with van der Waals surface area (Å²) in [4.78, 5) is 18.8.